The minimum Gasteiger partial charge on any atom is -0.468 e. The third kappa shape index (κ3) is 1.74. The van der Waals surface area contributed by atoms with Gasteiger partial charge >= 0.3 is 5.97 Å². The largest absolute Gasteiger partial charge is 0.468 e. The summed E-state index contributed by atoms with van der Waals surface area (Å²) in [5.74, 6) is -0.842. The average molecular weight is 321 g/mol. The van der Waals surface area contributed by atoms with Gasteiger partial charge in [-0.3, -0.25) is 9.59 Å². The second-order valence-corrected chi connectivity index (χ2v) is 6.95. The number of fused-ring (bicyclic) bond motifs is 4. The van der Waals surface area contributed by atoms with E-state index in [9.17, 15) is 9.59 Å². The Bertz CT molecular complexity index is 855. The van der Waals surface area contributed by atoms with Crippen LogP contribution in [-0.4, -0.2) is 25.0 Å². The Morgan fingerprint density at radius 3 is 2.50 bits per heavy atom. The van der Waals surface area contributed by atoms with E-state index in [0.717, 1.165) is 16.8 Å². The molecule has 0 aromatic heterocycles. The van der Waals surface area contributed by atoms with Gasteiger partial charge in [-0.1, -0.05) is 50.2 Å². The molecule has 0 radical (unpaired) electrons. The maximum Gasteiger partial charge on any atom is 0.315 e. The van der Waals surface area contributed by atoms with Crippen LogP contribution in [0.4, 0.5) is 5.69 Å². The van der Waals surface area contributed by atoms with E-state index in [0.29, 0.717) is 5.56 Å². The molecule has 0 N–H and O–H groups in total. The molecule has 0 fully saturated rings. The van der Waals surface area contributed by atoms with Gasteiger partial charge in [0.1, 0.15) is 5.92 Å². The molecule has 4 heteroatoms. The Hall–Kier alpha value is -2.62. The molecule has 2 aromatic carbocycles. The molecule has 0 aliphatic carbocycles. The number of nitrogens with zero attached hydrogens (tertiary/aromatic N) is 1. The molecule has 2 heterocycles. The molecule has 0 saturated carbocycles. The lowest BCUT2D eigenvalue weighted by molar-refractivity contribution is -0.143. The normalized spacial score (nSPS) is 23.3. The number of ether oxygens (including phenoxy) is 1. The highest BCUT2D eigenvalue weighted by molar-refractivity contribution is 6.12. The molecule has 2 aliphatic rings. The lowest BCUT2D eigenvalue weighted by Gasteiger charge is -2.42. The maximum atomic E-state index is 13.2. The van der Waals surface area contributed by atoms with E-state index in [1.807, 2.05) is 42.5 Å². The second kappa shape index (κ2) is 4.94. The molecule has 122 valence electrons. The van der Waals surface area contributed by atoms with Crippen LogP contribution < -0.4 is 4.90 Å². The fraction of sp³-hybridized carbons (Fsp3) is 0.300. The van der Waals surface area contributed by atoms with E-state index in [2.05, 4.69) is 13.8 Å². The van der Waals surface area contributed by atoms with Crippen LogP contribution in [0.3, 0.4) is 0 Å². The third-order valence-corrected chi connectivity index (χ3v) is 5.39. The lowest BCUT2D eigenvalue weighted by Crippen LogP contribution is -2.54. The van der Waals surface area contributed by atoms with Crippen molar-refractivity contribution in [2.24, 2.45) is 0 Å². The van der Waals surface area contributed by atoms with E-state index in [4.69, 9.17) is 4.74 Å². The summed E-state index contributed by atoms with van der Waals surface area (Å²) < 4.78 is 5.11. The van der Waals surface area contributed by atoms with Gasteiger partial charge in [-0.15, -0.1) is 0 Å². The number of carbonyl (C=O) groups excluding carboxylic acids is 2. The van der Waals surface area contributed by atoms with Gasteiger partial charge in [0.2, 0.25) is 0 Å². The number of hydrogen-bond acceptors (Lipinski definition) is 3. The number of para-hydroxylation sites is 1. The van der Waals surface area contributed by atoms with Crippen LogP contribution in [0.1, 0.15) is 41.3 Å². The summed E-state index contributed by atoms with van der Waals surface area (Å²) in [6.07, 6.45) is 0. The van der Waals surface area contributed by atoms with Gasteiger partial charge in [-0.2, -0.15) is 0 Å². The minimum absolute atomic E-state index is 0.0474. The van der Waals surface area contributed by atoms with Crippen LogP contribution in [0.5, 0.6) is 0 Å². The van der Waals surface area contributed by atoms with Crippen molar-refractivity contribution >= 4 is 17.6 Å². The molecule has 0 saturated heterocycles. The molecule has 2 atom stereocenters. The molecular formula is C20H19NO3. The summed E-state index contributed by atoms with van der Waals surface area (Å²) in [6, 6.07) is 15.0. The summed E-state index contributed by atoms with van der Waals surface area (Å²) in [7, 11) is 1.40. The van der Waals surface area contributed by atoms with Crippen molar-refractivity contribution in [2.75, 3.05) is 12.0 Å². The molecule has 4 rings (SSSR count). The Kier molecular flexibility index (Phi) is 3.07. The molecular weight excluding hydrogens is 302 g/mol. The zero-order valence-electron chi connectivity index (χ0n) is 13.9. The molecule has 2 aromatic rings. The first-order chi connectivity index (χ1) is 11.5. The summed E-state index contributed by atoms with van der Waals surface area (Å²) in [5.41, 5.74) is 2.97. The van der Waals surface area contributed by atoms with E-state index in [-0.39, 0.29) is 23.3 Å². The highest BCUT2D eigenvalue weighted by atomic mass is 16.5. The molecule has 0 bridgehead atoms. The molecule has 2 aliphatic heterocycles. The van der Waals surface area contributed by atoms with E-state index in [1.54, 1.807) is 11.0 Å². The summed E-state index contributed by atoms with van der Waals surface area (Å²) in [4.78, 5) is 27.6. The lowest BCUT2D eigenvalue weighted by atomic mass is 9.70. The Balaban J connectivity index is 2.02. The van der Waals surface area contributed by atoms with E-state index < -0.39 is 5.92 Å². The minimum atomic E-state index is -0.494. The van der Waals surface area contributed by atoms with Crippen LogP contribution in [0, 0.1) is 0 Å². The van der Waals surface area contributed by atoms with Crippen molar-refractivity contribution in [1.29, 1.82) is 0 Å². The highest BCUT2D eigenvalue weighted by Gasteiger charge is 2.56. The van der Waals surface area contributed by atoms with Crippen molar-refractivity contribution in [3.63, 3.8) is 0 Å². The van der Waals surface area contributed by atoms with Gasteiger partial charge in [-0.05, 0) is 23.3 Å². The Labute approximate surface area is 141 Å². The van der Waals surface area contributed by atoms with Crippen LogP contribution >= 0.6 is 0 Å². The predicted octanol–water partition coefficient (Wildman–Crippen LogP) is 3.26. The quantitative estimate of drug-likeness (QED) is 0.757. The van der Waals surface area contributed by atoms with Crippen molar-refractivity contribution in [3.05, 3.63) is 65.2 Å². The van der Waals surface area contributed by atoms with Gasteiger partial charge in [0.05, 0.1) is 13.2 Å². The number of anilines is 1. The van der Waals surface area contributed by atoms with Gasteiger partial charge in [0.15, 0.2) is 0 Å². The first-order valence-electron chi connectivity index (χ1n) is 8.08. The molecule has 0 unspecified atom stereocenters. The van der Waals surface area contributed by atoms with Crippen LogP contribution in [0.25, 0.3) is 0 Å². The number of amides is 1. The van der Waals surface area contributed by atoms with Gasteiger partial charge in [0.25, 0.3) is 5.91 Å². The smallest absolute Gasteiger partial charge is 0.315 e. The molecule has 4 nitrogen and oxygen atoms in total. The van der Waals surface area contributed by atoms with E-state index in [1.165, 1.54) is 7.11 Å². The van der Waals surface area contributed by atoms with E-state index >= 15 is 0 Å². The van der Waals surface area contributed by atoms with Crippen molar-refractivity contribution in [1.82, 2.24) is 0 Å². The Morgan fingerprint density at radius 2 is 1.75 bits per heavy atom. The maximum absolute atomic E-state index is 13.2. The first-order valence-corrected chi connectivity index (χ1v) is 8.08. The zero-order chi connectivity index (χ0) is 17.1. The topological polar surface area (TPSA) is 46.6 Å². The highest BCUT2D eigenvalue weighted by Crippen LogP contribution is 2.53. The molecule has 0 spiro atoms. The number of rotatable bonds is 1. The molecule has 24 heavy (non-hydrogen) atoms. The van der Waals surface area contributed by atoms with Gasteiger partial charge in [0, 0.05) is 16.7 Å². The van der Waals surface area contributed by atoms with Gasteiger partial charge < -0.3 is 9.64 Å². The summed E-state index contributed by atoms with van der Waals surface area (Å²) in [5, 5.41) is 0. The van der Waals surface area contributed by atoms with Gasteiger partial charge in [-0.25, -0.2) is 0 Å². The predicted molar refractivity (Wildman–Crippen MR) is 91.3 cm³/mol. The first kappa shape index (κ1) is 14.9. The fourth-order valence-corrected chi connectivity index (χ4v) is 4.31. The zero-order valence-corrected chi connectivity index (χ0v) is 13.9. The Morgan fingerprint density at radius 1 is 1.08 bits per heavy atom. The SMILES string of the molecule is COC(=O)[C@@H]1c2ccccc2C(=O)N2c3ccccc3C(C)(C)[C@H]12. The standard InChI is InChI=1S/C20H19NO3/c1-20(2)14-10-6-7-11-15(14)21-17(20)16(19(23)24-3)12-8-4-5-9-13(12)18(21)22/h4-11,16-17H,1-3H3/t16-,17+/m1/s1. The van der Waals surface area contributed by atoms with Crippen LogP contribution in [-0.2, 0) is 14.9 Å². The number of esters is 1. The number of methoxy groups -OCH3 is 1. The molecule has 1 amide bonds. The summed E-state index contributed by atoms with van der Waals surface area (Å²) in [6.45, 7) is 4.18. The number of carbonyl (C=O) groups is 2. The summed E-state index contributed by atoms with van der Waals surface area (Å²) >= 11 is 0. The number of benzene rings is 2. The van der Waals surface area contributed by atoms with Crippen molar-refractivity contribution in [3.8, 4) is 0 Å². The van der Waals surface area contributed by atoms with Crippen LogP contribution in [0.15, 0.2) is 48.5 Å². The fourth-order valence-electron chi connectivity index (χ4n) is 4.31. The monoisotopic (exact) mass is 321 g/mol. The van der Waals surface area contributed by atoms with Crippen molar-refractivity contribution in [2.45, 2.75) is 31.2 Å². The van der Waals surface area contributed by atoms with Crippen molar-refractivity contribution < 1.29 is 14.3 Å². The number of hydrogen-bond donors (Lipinski definition) is 0. The average Bonchev–Trinajstić information content (AvgIpc) is 2.84. The second-order valence-electron chi connectivity index (χ2n) is 6.95. The third-order valence-electron chi connectivity index (χ3n) is 5.39. The van der Waals surface area contributed by atoms with Crippen LogP contribution in [0.2, 0.25) is 0 Å².